The Labute approximate surface area is 97.4 Å². The SMILES string of the molecule is CCC(CN)C(O)c1cccc(Br)c1F. The number of hydrogen-bond acceptors (Lipinski definition) is 2. The topological polar surface area (TPSA) is 46.2 Å². The van der Waals surface area contributed by atoms with E-state index in [0.29, 0.717) is 16.6 Å². The molecular weight excluding hydrogens is 261 g/mol. The van der Waals surface area contributed by atoms with Crippen molar-refractivity contribution in [2.45, 2.75) is 19.4 Å². The molecule has 0 fully saturated rings. The fraction of sp³-hybridized carbons (Fsp3) is 0.455. The van der Waals surface area contributed by atoms with Crippen molar-refractivity contribution in [3.63, 3.8) is 0 Å². The van der Waals surface area contributed by atoms with Crippen molar-refractivity contribution in [2.75, 3.05) is 6.54 Å². The molecule has 0 saturated carbocycles. The highest BCUT2D eigenvalue weighted by Crippen LogP contribution is 2.29. The van der Waals surface area contributed by atoms with Crippen LogP contribution in [-0.2, 0) is 0 Å². The standard InChI is InChI=1S/C11H15BrFNO/c1-2-7(6-14)11(15)8-4-3-5-9(12)10(8)13/h3-5,7,11,15H,2,6,14H2,1H3. The molecule has 1 aromatic rings. The molecule has 0 aliphatic carbocycles. The summed E-state index contributed by atoms with van der Waals surface area (Å²) in [7, 11) is 0. The van der Waals surface area contributed by atoms with Crippen LogP contribution in [-0.4, -0.2) is 11.7 Å². The van der Waals surface area contributed by atoms with Crippen LogP contribution in [0.25, 0.3) is 0 Å². The third kappa shape index (κ3) is 2.77. The molecule has 0 saturated heterocycles. The summed E-state index contributed by atoms with van der Waals surface area (Å²) in [5, 5.41) is 9.94. The second-order valence-electron chi connectivity index (χ2n) is 3.49. The molecule has 0 radical (unpaired) electrons. The summed E-state index contributed by atoms with van der Waals surface area (Å²) in [6.07, 6.45) is -0.110. The predicted octanol–water partition coefficient (Wildman–Crippen LogP) is 2.61. The van der Waals surface area contributed by atoms with E-state index in [4.69, 9.17) is 5.73 Å². The van der Waals surface area contributed by atoms with E-state index in [1.807, 2.05) is 6.92 Å². The molecule has 0 spiro atoms. The molecule has 2 nitrogen and oxygen atoms in total. The van der Waals surface area contributed by atoms with E-state index in [1.165, 1.54) is 0 Å². The minimum atomic E-state index is -0.836. The van der Waals surface area contributed by atoms with E-state index in [-0.39, 0.29) is 5.92 Å². The highest BCUT2D eigenvalue weighted by atomic mass is 79.9. The lowest BCUT2D eigenvalue weighted by molar-refractivity contribution is 0.106. The second-order valence-corrected chi connectivity index (χ2v) is 4.35. The van der Waals surface area contributed by atoms with Crippen LogP contribution in [0.3, 0.4) is 0 Å². The number of halogens is 2. The Morgan fingerprint density at radius 1 is 1.53 bits per heavy atom. The summed E-state index contributed by atoms with van der Waals surface area (Å²) < 4.78 is 14.0. The monoisotopic (exact) mass is 275 g/mol. The number of aliphatic hydroxyl groups excluding tert-OH is 1. The van der Waals surface area contributed by atoms with Crippen LogP contribution in [0.1, 0.15) is 25.0 Å². The summed E-state index contributed by atoms with van der Waals surface area (Å²) in [5.74, 6) is -0.509. The van der Waals surface area contributed by atoms with Crippen LogP contribution in [0.4, 0.5) is 4.39 Å². The molecule has 4 heteroatoms. The lowest BCUT2D eigenvalue weighted by Gasteiger charge is -2.20. The van der Waals surface area contributed by atoms with E-state index >= 15 is 0 Å². The summed E-state index contributed by atoms with van der Waals surface area (Å²) in [6.45, 7) is 2.28. The number of benzene rings is 1. The largest absolute Gasteiger partial charge is 0.388 e. The maximum atomic E-state index is 13.6. The first kappa shape index (κ1) is 12.6. The molecule has 15 heavy (non-hydrogen) atoms. The van der Waals surface area contributed by atoms with Crippen molar-refractivity contribution >= 4 is 15.9 Å². The lowest BCUT2D eigenvalue weighted by atomic mass is 9.93. The molecule has 2 atom stereocenters. The molecule has 1 rings (SSSR count). The van der Waals surface area contributed by atoms with Gasteiger partial charge in [-0.3, -0.25) is 0 Å². The average Bonchev–Trinajstić information content (AvgIpc) is 2.23. The maximum absolute atomic E-state index is 13.6. The smallest absolute Gasteiger partial charge is 0.143 e. The van der Waals surface area contributed by atoms with Gasteiger partial charge in [0, 0.05) is 11.5 Å². The molecular formula is C11H15BrFNO. The molecule has 3 N–H and O–H groups in total. The van der Waals surface area contributed by atoms with Crippen LogP contribution in [0, 0.1) is 11.7 Å². The van der Waals surface area contributed by atoms with Gasteiger partial charge in [0.1, 0.15) is 5.82 Å². The first-order valence-electron chi connectivity index (χ1n) is 4.93. The zero-order valence-corrected chi connectivity index (χ0v) is 10.2. The van der Waals surface area contributed by atoms with Crippen molar-refractivity contribution in [2.24, 2.45) is 11.7 Å². The van der Waals surface area contributed by atoms with Gasteiger partial charge in [-0.1, -0.05) is 19.1 Å². The Bertz CT molecular complexity index is 328. The molecule has 0 aliphatic rings. The van der Waals surface area contributed by atoms with Crippen molar-refractivity contribution in [1.29, 1.82) is 0 Å². The quantitative estimate of drug-likeness (QED) is 0.888. The lowest BCUT2D eigenvalue weighted by Crippen LogP contribution is -2.22. The fourth-order valence-electron chi connectivity index (χ4n) is 1.52. The maximum Gasteiger partial charge on any atom is 0.143 e. The summed E-state index contributed by atoms with van der Waals surface area (Å²) in [6, 6.07) is 4.90. The van der Waals surface area contributed by atoms with E-state index in [1.54, 1.807) is 18.2 Å². The van der Waals surface area contributed by atoms with Gasteiger partial charge in [0.05, 0.1) is 10.6 Å². The van der Waals surface area contributed by atoms with Gasteiger partial charge in [0.25, 0.3) is 0 Å². The van der Waals surface area contributed by atoms with Gasteiger partial charge < -0.3 is 10.8 Å². The van der Waals surface area contributed by atoms with E-state index < -0.39 is 11.9 Å². The Balaban J connectivity index is 2.99. The van der Waals surface area contributed by atoms with Crippen LogP contribution < -0.4 is 5.73 Å². The van der Waals surface area contributed by atoms with Crippen LogP contribution in [0.2, 0.25) is 0 Å². The van der Waals surface area contributed by atoms with Gasteiger partial charge in [-0.15, -0.1) is 0 Å². The summed E-state index contributed by atoms with van der Waals surface area (Å²) in [5.41, 5.74) is 5.82. The minimum absolute atomic E-state index is 0.103. The predicted molar refractivity (Wildman–Crippen MR) is 61.9 cm³/mol. The van der Waals surface area contributed by atoms with Crippen molar-refractivity contribution in [3.05, 3.63) is 34.1 Å². The first-order valence-corrected chi connectivity index (χ1v) is 5.73. The van der Waals surface area contributed by atoms with Gasteiger partial charge >= 0.3 is 0 Å². The zero-order valence-electron chi connectivity index (χ0n) is 8.58. The molecule has 84 valence electrons. The number of rotatable bonds is 4. The molecule has 0 aliphatic heterocycles. The molecule has 2 unspecified atom stereocenters. The van der Waals surface area contributed by atoms with Gasteiger partial charge in [-0.25, -0.2) is 4.39 Å². The fourth-order valence-corrected chi connectivity index (χ4v) is 1.90. The van der Waals surface area contributed by atoms with Crippen molar-refractivity contribution < 1.29 is 9.50 Å². The van der Waals surface area contributed by atoms with Gasteiger partial charge in [0.2, 0.25) is 0 Å². The van der Waals surface area contributed by atoms with Gasteiger partial charge in [0.15, 0.2) is 0 Å². The normalized spacial score (nSPS) is 15.0. The van der Waals surface area contributed by atoms with Crippen molar-refractivity contribution in [3.8, 4) is 0 Å². The van der Waals surface area contributed by atoms with E-state index in [0.717, 1.165) is 6.42 Å². The first-order chi connectivity index (χ1) is 7.11. The molecule has 1 aromatic carbocycles. The van der Waals surface area contributed by atoms with Crippen LogP contribution >= 0.6 is 15.9 Å². The Morgan fingerprint density at radius 2 is 2.20 bits per heavy atom. The van der Waals surface area contributed by atoms with E-state index in [9.17, 15) is 9.50 Å². The number of nitrogens with two attached hydrogens (primary N) is 1. The van der Waals surface area contributed by atoms with Gasteiger partial charge in [-0.05, 0) is 35.0 Å². The molecule has 0 bridgehead atoms. The third-order valence-electron chi connectivity index (χ3n) is 2.57. The van der Waals surface area contributed by atoms with Gasteiger partial charge in [-0.2, -0.15) is 0 Å². The average molecular weight is 276 g/mol. The molecule has 0 amide bonds. The summed E-state index contributed by atoms with van der Waals surface area (Å²) >= 11 is 3.09. The Hall–Kier alpha value is -0.450. The number of aliphatic hydroxyl groups is 1. The Kier molecular flexibility index (Phi) is 4.70. The van der Waals surface area contributed by atoms with E-state index in [2.05, 4.69) is 15.9 Å². The highest BCUT2D eigenvalue weighted by Gasteiger charge is 2.21. The third-order valence-corrected chi connectivity index (χ3v) is 3.19. The van der Waals surface area contributed by atoms with Crippen LogP contribution in [0.15, 0.2) is 22.7 Å². The Morgan fingerprint density at radius 3 is 2.73 bits per heavy atom. The molecule has 0 heterocycles. The second kappa shape index (κ2) is 5.58. The van der Waals surface area contributed by atoms with Crippen molar-refractivity contribution in [1.82, 2.24) is 0 Å². The minimum Gasteiger partial charge on any atom is -0.388 e. The van der Waals surface area contributed by atoms with Crippen LogP contribution in [0.5, 0.6) is 0 Å². The number of hydrogen-bond donors (Lipinski definition) is 2. The zero-order chi connectivity index (χ0) is 11.4. The summed E-state index contributed by atoms with van der Waals surface area (Å²) in [4.78, 5) is 0. The molecule has 0 aromatic heterocycles. The highest BCUT2D eigenvalue weighted by molar-refractivity contribution is 9.10.